The molecule has 1 N–H and O–H groups in total. The van der Waals surface area contributed by atoms with Crippen LogP contribution in [-0.2, 0) is 0 Å². The van der Waals surface area contributed by atoms with Crippen molar-refractivity contribution >= 4 is 22.4 Å². The number of nitriles is 1. The van der Waals surface area contributed by atoms with Crippen molar-refractivity contribution in [2.45, 2.75) is 26.2 Å². The minimum atomic E-state index is -0.467. The minimum absolute atomic E-state index is 0.0329. The Labute approximate surface area is 127 Å². The molecule has 0 aliphatic heterocycles. The van der Waals surface area contributed by atoms with Gasteiger partial charge in [-0.25, -0.2) is 4.98 Å². The third kappa shape index (κ3) is 2.58. The summed E-state index contributed by atoms with van der Waals surface area (Å²) in [5.41, 5.74) is 1.33. The first-order valence-electron chi connectivity index (χ1n) is 7.30. The number of pyridine rings is 1. The first kappa shape index (κ1) is 14.3. The van der Waals surface area contributed by atoms with E-state index in [4.69, 9.17) is 0 Å². The van der Waals surface area contributed by atoms with E-state index in [1.54, 1.807) is 12.1 Å². The van der Waals surface area contributed by atoms with Crippen LogP contribution in [0.4, 0.5) is 11.5 Å². The van der Waals surface area contributed by atoms with Crippen LogP contribution in [0.15, 0.2) is 24.3 Å². The molecule has 1 aliphatic carbocycles. The third-order valence-corrected chi connectivity index (χ3v) is 4.48. The molecular formula is C16H16N4O2. The molecule has 0 amide bonds. The number of hydrogen-bond acceptors (Lipinski definition) is 5. The summed E-state index contributed by atoms with van der Waals surface area (Å²) in [4.78, 5) is 14.9. The molecule has 2 aromatic rings. The SMILES string of the molecule is CCC1(CNc2cc(C#N)c3cc([N+](=O)[O-])ccc3n2)CC1. The van der Waals surface area contributed by atoms with Gasteiger partial charge in [-0.2, -0.15) is 5.26 Å². The van der Waals surface area contributed by atoms with Gasteiger partial charge in [0.05, 0.1) is 22.1 Å². The second-order valence-electron chi connectivity index (χ2n) is 5.83. The Morgan fingerprint density at radius 1 is 1.45 bits per heavy atom. The van der Waals surface area contributed by atoms with Crippen LogP contribution in [0.1, 0.15) is 31.7 Å². The molecule has 3 rings (SSSR count). The Kier molecular flexibility index (Phi) is 3.41. The Morgan fingerprint density at radius 3 is 2.82 bits per heavy atom. The lowest BCUT2D eigenvalue weighted by molar-refractivity contribution is -0.384. The lowest BCUT2D eigenvalue weighted by Crippen LogP contribution is -2.15. The molecule has 1 saturated carbocycles. The molecular weight excluding hydrogens is 280 g/mol. The largest absolute Gasteiger partial charge is 0.369 e. The number of rotatable bonds is 5. The lowest BCUT2D eigenvalue weighted by Gasteiger charge is -2.14. The van der Waals surface area contributed by atoms with Crippen LogP contribution < -0.4 is 5.32 Å². The summed E-state index contributed by atoms with van der Waals surface area (Å²) in [7, 11) is 0. The highest BCUT2D eigenvalue weighted by atomic mass is 16.6. The molecule has 22 heavy (non-hydrogen) atoms. The van der Waals surface area contributed by atoms with Gasteiger partial charge in [0.15, 0.2) is 0 Å². The summed E-state index contributed by atoms with van der Waals surface area (Å²) in [6.07, 6.45) is 3.58. The fourth-order valence-corrected chi connectivity index (χ4v) is 2.62. The highest BCUT2D eigenvalue weighted by molar-refractivity contribution is 5.88. The van der Waals surface area contributed by atoms with Gasteiger partial charge < -0.3 is 5.32 Å². The molecule has 0 radical (unpaired) electrons. The van der Waals surface area contributed by atoms with Crippen molar-refractivity contribution in [3.63, 3.8) is 0 Å². The first-order chi connectivity index (χ1) is 10.6. The Balaban J connectivity index is 1.95. The van der Waals surface area contributed by atoms with Crippen LogP contribution in [0.5, 0.6) is 0 Å². The van der Waals surface area contributed by atoms with Crippen LogP contribution in [0.3, 0.4) is 0 Å². The van der Waals surface area contributed by atoms with Gasteiger partial charge in [-0.05, 0) is 36.8 Å². The van der Waals surface area contributed by atoms with Crippen molar-refractivity contribution < 1.29 is 4.92 Å². The van der Waals surface area contributed by atoms with Gasteiger partial charge in [0.25, 0.3) is 5.69 Å². The molecule has 1 aliphatic rings. The van der Waals surface area contributed by atoms with Crippen molar-refractivity contribution in [2.24, 2.45) is 5.41 Å². The number of hydrogen-bond donors (Lipinski definition) is 1. The van der Waals surface area contributed by atoms with E-state index in [1.807, 2.05) is 0 Å². The molecule has 0 saturated heterocycles. The van der Waals surface area contributed by atoms with Gasteiger partial charge in [-0.1, -0.05) is 6.92 Å². The van der Waals surface area contributed by atoms with E-state index < -0.39 is 4.92 Å². The quantitative estimate of drug-likeness (QED) is 0.672. The zero-order valence-corrected chi connectivity index (χ0v) is 12.3. The summed E-state index contributed by atoms with van der Waals surface area (Å²) in [5, 5.41) is 24.0. The van der Waals surface area contributed by atoms with E-state index in [-0.39, 0.29) is 5.69 Å². The second-order valence-corrected chi connectivity index (χ2v) is 5.83. The van der Waals surface area contributed by atoms with E-state index in [0.29, 0.717) is 27.7 Å². The van der Waals surface area contributed by atoms with Gasteiger partial charge in [0.1, 0.15) is 5.82 Å². The number of nitro benzene ring substituents is 1. The highest BCUT2D eigenvalue weighted by Crippen LogP contribution is 2.48. The van der Waals surface area contributed by atoms with Gasteiger partial charge in [-0.3, -0.25) is 10.1 Å². The maximum absolute atomic E-state index is 10.9. The van der Waals surface area contributed by atoms with Crippen molar-refractivity contribution in [1.29, 1.82) is 5.26 Å². The molecule has 1 heterocycles. The third-order valence-electron chi connectivity index (χ3n) is 4.48. The number of aromatic nitrogens is 1. The fraction of sp³-hybridized carbons (Fsp3) is 0.375. The zero-order valence-electron chi connectivity index (χ0n) is 12.3. The van der Waals surface area contributed by atoms with Crippen LogP contribution in [0.25, 0.3) is 10.9 Å². The molecule has 112 valence electrons. The van der Waals surface area contributed by atoms with Crippen molar-refractivity contribution in [3.8, 4) is 6.07 Å². The summed E-state index contributed by atoms with van der Waals surface area (Å²) < 4.78 is 0. The minimum Gasteiger partial charge on any atom is -0.369 e. The van der Waals surface area contributed by atoms with E-state index in [1.165, 1.54) is 25.0 Å². The van der Waals surface area contributed by atoms with Gasteiger partial charge in [-0.15, -0.1) is 0 Å². The first-order valence-corrected chi connectivity index (χ1v) is 7.30. The normalized spacial score (nSPS) is 15.3. The monoisotopic (exact) mass is 296 g/mol. The van der Waals surface area contributed by atoms with Crippen LogP contribution >= 0.6 is 0 Å². The molecule has 6 nitrogen and oxygen atoms in total. The van der Waals surface area contributed by atoms with Crippen LogP contribution in [0, 0.1) is 26.9 Å². The maximum atomic E-state index is 10.9. The fourth-order valence-electron chi connectivity index (χ4n) is 2.62. The number of nitrogens with one attached hydrogen (secondary N) is 1. The maximum Gasteiger partial charge on any atom is 0.270 e. The predicted octanol–water partition coefficient (Wildman–Crippen LogP) is 3.62. The summed E-state index contributed by atoms with van der Waals surface area (Å²) in [6.45, 7) is 3.03. The Hall–Kier alpha value is -2.68. The highest BCUT2D eigenvalue weighted by Gasteiger charge is 2.40. The Bertz CT molecular complexity index is 791. The number of nitro groups is 1. The molecule has 1 fully saturated rings. The average molecular weight is 296 g/mol. The summed E-state index contributed by atoms with van der Waals surface area (Å²) >= 11 is 0. The lowest BCUT2D eigenvalue weighted by atomic mass is 10.0. The van der Waals surface area contributed by atoms with Gasteiger partial charge in [0, 0.05) is 24.1 Å². The zero-order chi connectivity index (χ0) is 15.7. The number of fused-ring (bicyclic) bond motifs is 1. The van der Waals surface area contributed by atoms with E-state index in [2.05, 4.69) is 23.3 Å². The molecule has 6 heteroatoms. The Morgan fingerprint density at radius 2 is 2.23 bits per heavy atom. The van der Waals surface area contributed by atoms with Crippen molar-refractivity contribution in [2.75, 3.05) is 11.9 Å². The standard InChI is InChI=1S/C16H16N4O2/c1-2-16(5-6-16)10-18-15-7-11(9-17)13-8-12(20(21)22)3-4-14(13)19-15/h3-4,7-8H,2,5-6,10H2,1H3,(H,18,19). The average Bonchev–Trinajstić information content (AvgIpc) is 3.32. The van der Waals surface area contributed by atoms with E-state index in [9.17, 15) is 15.4 Å². The molecule has 1 aromatic heterocycles. The number of nitrogens with zero attached hydrogens (tertiary/aromatic N) is 3. The molecule has 0 spiro atoms. The van der Waals surface area contributed by atoms with E-state index >= 15 is 0 Å². The van der Waals surface area contributed by atoms with Crippen molar-refractivity contribution in [1.82, 2.24) is 4.98 Å². The predicted molar refractivity (Wildman–Crippen MR) is 83.6 cm³/mol. The number of benzene rings is 1. The van der Waals surface area contributed by atoms with E-state index in [0.717, 1.165) is 13.0 Å². The number of non-ortho nitro benzene ring substituents is 1. The number of anilines is 1. The summed E-state index contributed by atoms with van der Waals surface area (Å²) in [6, 6.07) is 8.17. The topological polar surface area (TPSA) is 91.8 Å². The summed E-state index contributed by atoms with van der Waals surface area (Å²) in [5.74, 6) is 0.651. The molecule has 1 aromatic carbocycles. The molecule has 0 unspecified atom stereocenters. The van der Waals surface area contributed by atoms with Crippen molar-refractivity contribution in [3.05, 3.63) is 39.9 Å². The van der Waals surface area contributed by atoms with Crippen LogP contribution in [0.2, 0.25) is 0 Å². The van der Waals surface area contributed by atoms with Gasteiger partial charge >= 0.3 is 0 Å². The molecule has 0 atom stereocenters. The molecule has 0 bridgehead atoms. The van der Waals surface area contributed by atoms with Crippen LogP contribution in [-0.4, -0.2) is 16.5 Å². The second kappa shape index (κ2) is 5.26. The smallest absolute Gasteiger partial charge is 0.270 e. The van der Waals surface area contributed by atoms with Gasteiger partial charge in [0.2, 0.25) is 0 Å².